The summed E-state index contributed by atoms with van der Waals surface area (Å²) in [4.78, 5) is 12.3. The fourth-order valence-corrected chi connectivity index (χ4v) is 2.62. The Morgan fingerprint density at radius 1 is 1.50 bits per heavy atom. The van der Waals surface area contributed by atoms with Gasteiger partial charge in [0.1, 0.15) is 5.60 Å². The van der Waals surface area contributed by atoms with Crippen molar-refractivity contribution in [3.05, 3.63) is 35.9 Å². The van der Waals surface area contributed by atoms with Crippen LogP contribution in [-0.2, 0) is 9.53 Å². The van der Waals surface area contributed by atoms with E-state index in [0.29, 0.717) is 13.0 Å². The largest absolute Gasteiger partial charge is 0.385 e. The summed E-state index contributed by atoms with van der Waals surface area (Å²) >= 11 is 0. The molecule has 1 amide bonds. The molecule has 0 bridgehead atoms. The molecule has 1 saturated heterocycles. The Kier molecular flexibility index (Phi) is 4.78. The summed E-state index contributed by atoms with van der Waals surface area (Å²) in [6.45, 7) is 4.63. The molecule has 110 valence electrons. The third-order valence-electron chi connectivity index (χ3n) is 4.15. The monoisotopic (exact) mass is 277 g/mol. The van der Waals surface area contributed by atoms with Gasteiger partial charge in [-0.05, 0) is 18.9 Å². The van der Waals surface area contributed by atoms with Crippen molar-refractivity contribution in [3.8, 4) is 0 Å². The van der Waals surface area contributed by atoms with Gasteiger partial charge in [0.25, 0.3) is 0 Å². The van der Waals surface area contributed by atoms with Gasteiger partial charge < -0.3 is 15.2 Å². The average molecular weight is 277 g/mol. The molecular formula is C16H23NO3. The molecule has 4 heteroatoms. The van der Waals surface area contributed by atoms with Crippen molar-refractivity contribution in [3.63, 3.8) is 0 Å². The minimum Gasteiger partial charge on any atom is -0.385 e. The fourth-order valence-electron chi connectivity index (χ4n) is 2.62. The molecule has 2 rings (SSSR count). The van der Waals surface area contributed by atoms with E-state index in [4.69, 9.17) is 4.74 Å². The third-order valence-corrected chi connectivity index (χ3v) is 4.15. The Morgan fingerprint density at radius 2 is 2.20 bits per heavy atom. The summed E-state index contributed by atoms with van der Waals surface area (Å²) in [6, 6.07) is 9.74. The topological polar surface area (TPSA) is 58.6 Å². The van der Waals surface area contributed by atoms with Crippen LogP contribution < -0.4 is 5.32 Å². The maximum absolute atomic E-state index is 12.3. The van der Waals surface area contributed by atoms with Crippen LogP contribution in [0.3, 0.4) is 0 Å². The highest BCUT2D eigenvalue weighted by Gasteiger charge is 2.40. The van der Waals surface area contributed by atoms with Crippen molar-refractivity contribution in [2.75, 3.05) is 13.2 Å². The lowest BCUT2D eigenvalue weighted by atomic mass is 9.93. The Labute approximate surface area is 120 Å². The number of amides is 1. The number of nitrogens with one attached hydrogen (secondary N) is 1. The number of hydrogen-bond acceptors (Lipinski definition) is 3. The smallest absolute Gasteiger partial charge is 0.227 e. The number of carbonyl (C=O) groups excluding carboxylic acids is 1. The van der Waals surface area contributed by atoms with Crippen LogP contribution in [0.4, 0.5) is 0 Å². The maximum atomic E-state index is 12.3. The lowest BCUT2D eigenvalue weighted by Crippen LogP contribution is -2.48. The molecule has 4 nitrogen and oxygen atoms in total. The van der Waals surface area contributed by atoms with Crippen molar-refractivity contribution in [2.45, 2.75) is 44.3 Å². The number of rotatable bonds is 5. The molecule has 3 atom stereocenters. The molecule has 0 aromatic heterocycles. The van der Waals surface area contributed by atoms with E-state index in [-0.39, 0.29) is 24.5 Å². The molecule has 0 aliphatic carbocycles. The van der Waals surface area contributed by atoms with E-state index in [0.717, 1.165) is 12.0 Å². The number of aliphatic hydroxyl groups is 1. The number of hydrogen-bond donors (Lipinski definition) is 2. The lowest BCUT2D eigenvalue weighted by Gasteiger charge is -2.27. The molecule has 1 aromatic rings. The average Bonchev–Trinajstić information content (AvgIpc) is 2.79. The summed E-state index contributed by atoms with van der Waals surface area (Å²) in [7, 11) is 0. The van der Waals surface area contributed by atoms with E-state index in [1.807, 2.05) is 44.2 Å². The van der Waals surface area contributed by atoms with Gasteiger partial charge in [-0.15, -0.1) is 0 Å². The molecule has 1 heterocycles. The Hall–Kier alpha value is -1.39. The van der Waals surface area contributed by atoms with Gasteiger partial charge in [0.2, 0.25) is 5.91 Å². The van der Waals surface area contributed by atoms with Gasteiger partial charge in [0.15, 0.2) is 0 Å². The maximum Gasteiger partial charge on any atom is 0.227 e. The van der Waals surface area contributed by atoms with Gasteiger partial charge in [-0.25, -0.2) is 0 Å². The van der Waals surface area contributed by atoms with Gasteiger partial charge in [-0.3, -0.25) is 4.79 Å². The van der Waals surface area contributed by atoms with E-state index < -0.39 is 5.60 Å². The Balaban J connectivity index is 1.97. The molecule has 1 aliphatic rings. The molecule has 0 saturated carbocycles. The Morgan fingerprint density at radius 3 is 2.75 bits per heavy atom. The minimum atomic E-state index is -0.940. The highest BCUT2D eigenvalue weighted by molar-refractivity contribution is 5.83. The molecule has 3 unspecified atom stereocenters. The summed E-state index contributed by atoms with van der Waals surface area (Å²) < 4.78 is 5.37. The first kappa shape index (κ1) is 15.0. The van der Waals surface area contributed by atoms with Crippen molar-refractivity contribution in [2.24, 2.45) is 0 Å². The van der Waals surface area contributed by atoms with E-state index >= 15 is 0 Å². The highest BCUT2D eigenvalue weighted by atomic mass is 16.5. The lowest BCUT2D eigenvalue weighted by molar-refractivity contribution is -0.124. The molecule has 20 heavy (non-hydrogen) atoms. The molecule has 0 spiro atoms. The molecule has 1 aliphatic heterocycles. The molecule has 0 radical (unpaired) electrons. The highest BCUT2D eigenvalue weighted by Crippen LogP contribution is 2.25. The van der Waals surface area contributed by atoms with Crippen LogP contribution in [0.5, 0.6) is 0 Å². The number of carbonyl (C=O) groups is 1. The zero-order chi connectivity index (χ0) is 14.6. The quantitative estimate of drug-likeness (QED) is 0.863. The predicted molar refractivity (Wildman–Crippen MR) is 77.5 cm³/mol. The second kappa shape index (κ2) is 6.37. The summed E-state index contributed by atoms with van der Waals surface area (Å²) in [5.74, 6) is -0.205. The van der Waals surface area contributed by atoms with Gasteiger partial charge in [-0.1, -0.05) is 37.3 Å². The summed E-state index contributed by atoms with van der Waals surface area (Å²) in [6.07, 6.45) is 1.07. The predicted octanol–water partition coefficient (Wildman–Crippen LogP) is 1.84. The number of benzene rings is 1. The van der Waals surface area contributed by atoms with Gasteiger partial charge in [-0.2, -0.15) is 0 Å². The second-order valence-corrected chi connectivity index (χ2v) is 5.46. The van der Waals surface area contributed by atoms with E-state index in [1.165, 1.54) is 0 Å². The fraction of sp³-hybridized carbons (Fsp3) is 0.562. The molecule has 2 N–H and O–H groups in total. The van der Waals surface area contributed by atoms with Crippen LogP contribution >= 0.6 is 0 Å². The minimum absolute atomic E-state index is 0.0359. The van der Waals surface area contributed by atoms with Gasteiger partial charge in [0, 0.05) is 19.6 Å². The third kappa shape index (κ3) is 3.19. The zero-order valence-electron chi connectivity index (χ0n) is 12.1. The van der Waals surface area contributed by atoms with E-state index in [2.05, 4.69) is 5.32 Å². The molecule has 1 aromatic carbocycles. The molecule has 1 fully saturated rings. The first-order valence-electron chi connectivity index (χ1n) is 7.23. The standard InChI is InChI=1S/C16H23NO3/c1-3-14(13-7-5-4-6-8-13)15(18)17-11-16(19)9-10-20-12(16)2/h4-8,12,14,19H,3,9-11H2,1-2H3,(H,17,18). The molecular weight excluding hydrogens is 254 g/mol. The van der Waals surface area contributed by atoms with Crippen LogP contribution in [0.1, 0.15) is 38.2 Å². The van der Waals surface area contributed by atoms with E-state index in [9.17, 15) is 9.90 Å². The van der Waals surface area contributed by atoms with Crippen molar-refractivity contribution >= 4 is 5.91 Å². The van der Waals surface area contributed by atoms with Crippen LogP contribution in [-0.4, -0.2) is 35.9 Å². The summed E-state index contributed by atoms with van der Waals surface area (Å²) in [5.41, 5.74) is 0.0696. The van der Waals surface area contributed by atoms with Gasteiger partial charge in [0.05, 0.1) is 12.0 Å². The second-order valence-electron chi connectivity index (χ2n) is 5.46. The van der Waals surface area contributed by atoms with Crippen molar-refractivity contribution < 1.29 is 14.6 Å². The SMILES string of the molecule is CCC(C(=O)NCC1(O)CCOC1C)c1ccccc1. The zero-order valence-corrected chi connectivity index (χ0v) is 12.1. The van der Waals surface area contributed by atoms with E-state index in [1.54, 1.807) is 0 Å². The van der Waals surface area contributed by atoms with Crippen LogP contribution in [0.25, 0.3) is 0 Å². The van der Waals surface area contributed by atoms with Crippen molar-refractivity contribution in [1.82, 2.24) is 5.32 Å². The van der Waals surface area contributed by atoms with Crippen LogP contribution in [0, 0.1) is 0 Å². The van der Waals surface area contributed by atoms with Crippen LogP contribution in [0.2, 0.25) is 0 Å². The normalized spacial score (nSPS) is 27.2. The van der Waals surface area contributed by atoms with Crippen molar-refractivity contribution in [1.29, 1.82) is 0 Å². The van der Waals surface area contributed by atoms with Crippen LogP contribution in [0.15, 0.2) is 30.3 Å². The van der Waals surface area contributed by atoms with Gasteiger partial charge >= 0.3 is 0 Å². The summed E-state index contributed by atoms with van der Waals surface area (Å²) in [5, 5.41) is 13.3. The number of ether oxygens (including phenoxy) is 1. The first-order chi connectivity index (χ1) is 9.57. The Bertz CT molecular complexity index is 448. The first-order valence-corrected chi connectivity index (χ1v) is 7.23.